The number of nitrogens with two attached hydrogens (primary N) is 3. The monoisotopic (exact) mass is 262 g/mol. The van der Waals surface area contributed by atoms with Gasteiger partial charge in [0.25, 0.3) is 0 Å². The molecule has 0 fully saturated rings. The van der Waals surface area contributed by atoms with Crippen molar-refractivity contribution < 1.29 is 0 Å². The molecule has 0 unspecified atom stereocenters. The number of pyridine rings is 1. The lowest BCUT2D eigenvalue weighted by Gasteiger charge is -2.10. The number of anilines is 2. The van der Waals surface area contributed by atoms with Crippen LogP contribution in [-0.2, 0) is 0 Å². The third-order valence-electron chi connectivity index (χ3n) is 2.22. The van der Waals surface area contributed by atoms with E-state index in [1.807, 2.05) is 19.1 Å². The van der Waals surface area contributed by atoms with E-state index in [0.717, 1.165) is 10.6 Å². The van der Waals surface area contributed by atoms with Crippen molar-refractivity contribution in [3.8, 4) is 0 Å². The Hall–Kier alpha value is -1.86. The molecule has 1 atom stereocenters. The second-order valence-corrected chi connectivity index (χ2v) is 4.74. The lowest BCUT2D eigenvalue weighted by atomic mass is 10.2. The molecule has 0 spiro atoms. The Kier molecular flexibility index (Phi) is 3.63. The lowest BCUT2D eigenvalue weighted by Crippen LogP contribution is -2.07. The van der Waals surface area contributed by atoms with Gasteiger partial charge in [-0.1, -0.05) is 6.07 Å². The summed E-state index contributed by atoms with van der Waals surface area (Å²) >= 11 is 1.30. The van der Waals surface area contributed by atoms with E-state index >= 15 is 0 Å². The predicted molar refractivity (Wildman–Crippen MR) is 71.8 cm³/mol. The van der Waals surface area contributed by atoms with Gasteiger partial charge in [0.1, 0.15) is 16.7 Å². The van der Waals surface area contributed by atoms with Gasteiger partial charge in [-0.05, 0) is 24.8 Å². The number of nitrogens with zero attached hydrogens (tertiary/aromatic N) is 3. The van der Waals surface area contributed by atoms with E-state index in [1.165, 1.54) is 17.8 Å². The van der Waals surface area contributed by atoms with Crippen molar-refractivity contribution in [2.24, 2.45) is 5.73 Å². The molecule has 7 heteroatoms. The molecule has 0 aromatic carbocycles. The van der Waals surface area contributed by atoms with Gasteiger partial charge in [-0.2, -0.15) is 0 Å². The van der Waals surface area contributed by atoms with Crippen LogP contribution in [0.1, 0.15) is 18.5 Å². The van der Waals surface area contributed by atoms with Crippen LogP contribution < -0.4 is 17.2 Å². The van der Waals surface area contributed by atoms with Gasteiger partial charge < -0.3 is 17.2 Å². The minimum absolute atomic E-state index is 0.111. The van der Waals surface area contributed by atoms with Crippen LogP contribution in [0.3, 0.4) is 0 Å². The molecule has 6 nitrogen and oxygen atoms in total. The second-order valence-electron chi connectivity index (χ2n) is 3.79. The summed E-state index contributed by atoms with van der Waals surface area (Å²) in [6, 6.07) is 5.17. The van der Waals surface area contributed by atoms with Gasteiger partial charge in [0.2, 0.25) is 0 Å². The zero-order chi connectivity index (χ0) is 13.1. The van der Waals surface area contributed by atoms with Crippen molar-refractivity contribution in [2.45, 2.75) is 23.1 Å². The largest absolute Gasteiger partial charge is 0.383 e. The van der Waals surface area contributed by atoms with Crippen LogP contribution in [-0.4, -0.2) is 15.0 Å². The van der Waals surface area contributed by atoms with Gasteiger partial charge >= 0.3 is 0 Å². The first-order chi connectivity index (χ1) is 8.56. The Morgan fingerprint density at radius 3 is 2.50 bits per heavy atom. The molecule has 0 saturated carbocycles. The van der Waals surface area contributed by atoms with Crippen LogP contribution in [0.5, 0.6) is 0 Å². The van der Waals surface area contributed by atoms with E-state index in [4.69, 9.17) is 17.2 Å². The minimum atomic E-state index is -0.111. The Labute approximate surface area is 109 Å². The Morgan fingerprint density at radius 2 is 1.89 bits per heavy atom. The molecule has 0 aliphatic carbocycles. The molecular weight excluding hydrogens is 248 g/mol. The Bertz CT molecular complexity index is 537. The fourth-order valence-corrected chi connectivity index (χ4v) is 2.39. The van der Waals surface area contributed by atoms with Crippen LogP contribution in [0, 0.1) is 0 Å². The molecule has 0 amide bonds. The molecule has 2 heterocycles. The number of hydrogen-bond donors (Lipinski definition) is 3. The highest BCUT2D eigenvalue weighted by molar-refractivity contribution is 7.99. The van der Waals surface area contributed by atoms with Crippen molar-refractivity contribution >= 4 is 23.4 Å². The smallest absolute Gasteiger partial charge is 0.197 e. The van der Waals surface area contributed by atoms with Crippen LogP contribution in [0.25, 0.3) is 0 Å². The SMILES string of the molecule is C[C@@H](N)c1cccnc1Sc1nc(N)cc(N)n1. The summed E-state index contributed by atoms with van der Waals surface area (Å²) in [4.78, 5) is 12.5. The number of aromatic nitrogens is 3. The average molecular weight is 262 g/mol. The first-order valence-electron chi connectivity index (χ1n) is 5.34. The van der Waals surface area contributed by atoms with Crippen molar-refractivity contribution in [1.29, 1.82) is 0 Å². The quantitative estimate of drug-likeness (QED) is 0.711. The van der Waals surface area contributed by atoms with Gasteiger partial charge in [0, 0.05) is 23.9 Å². The molecule has 0 aliphatic rings. The third-order valence-corrected chi connectivity index (χ3v) is 3.12. The first kappa shape index (κ1) is 12.6. The highest BCUT2D eigenvalue weighted by Crippen LogP contribution is 2.29. The van der Waals surface area contributed by atoms with Crippen molar-refractivity contribution in [3.05, 3.63) is 30.0 Å². The minimum Gasteiger partial charge on any atom is -0.383 e. The lowest BCUT2D eigenvalue weighted by molar-refractivity contribution is 0.778. The van der Waals surface area contributed by atoms with Crippen molar-refractivity contribution in [3.63, 3.8) is 0 Å². The maximum absolute atomic E-state index is 5.88. The highest BCUT2D eigenvalue weighted by Gasteiger charge is 2.11. The van der Waals surface area contributed by atoms with Crippen LogP contribution in [0.2, 0.25) is 0 Å². The number of rotatable bonds is 3. The first-order valence-corrected chi connectivity index (χ1v) is 6.16. The zero-order valence-corrected chi connectivity index (χ0v) is 10.7. The van der Waals surface area contributed by atoms with Crippen LogP contribution >= 0.6 is 11.8 Å². The fraction of sp³-hybridized carbons (Fsp3) is 0.182. The van der Waals surface area contributed by atoms with E-state index in [-0.39, 0.29) is 6.04 Å². The molecule has 2 aromatic rings. The van der Waals surface area contributed by atoms with E-state index < -0.39 is 0 Å². The number of nitrogen functional groups attached to an aromatic ring is 2. The average Bonchev–Trinajstić information content (AvgIpc) is 2.27. The van der Waals surface area contributed by atoms with E-state index in [0.29, 0.717) is 16.8 Å². The molecule has 94 valence electrons. The third kappa shape index (κ3) is 2.88. The summed E-state index contributed by atoms with van der Waals surface area (Å²) in [6.07, 6.45) is 1.70. The van der Waals surface area contributed by atoms with Gasteiger partial charge in [0.05, 0.1) is 0 Å². The summed E-state index contributed by atoms with van der Waals surface area (Å²) in [5, 5.41) is 1.23. The second kappa shape index (κ2) is 5.19. The maximum atomic E-state index is 5.88. The van der Waals surface area contributed by atoms with Crippen molar-refractivity contribution in [2.75, 3.05) is 11.5 Å². The van der Waals surface area contributed by atoms with Gasteiger partial charge in [0.15, 0.2) is 5.16 Å². The van der Waals surface area contributed by atoms with Gasteiger partial charge in [-0.3, -0.25) is 0 Å². The molecule has 18 heavy (non-hydrogen) atoms. The number of hydrogen-bond acceptors (Lipinski definition) is 7. The Balaban J connectivity index is 2.34. The van der Waals surface area contributed by atoms with Crippen molar-refractivity contribution in [1.82, 2.24) is 15.0 Å². The topological polar surface area (TPSA) is 117 Å². The molecule has 0 aliphatic heterocycles. The normalized spacial score (nSPS) is 12.3. The van der Waals surface area contributed by atoms with Gasteiger partial charge in [-0.15, -0.1) is 0 Å². The van der Waals surface area contributed by atoms with Crippen LogP contribution in [0.15, 0.2) is 34.6 Å². The molecule has 2 aromatic heterocycles. The Morgan fingerprint density at radius 1 is 1.22 bits per heavy atom. The van der Waals surface area contributed by atoms with Gasteiger partial charge in [-0.25, -0.2) is 15.0 Å². The van der Waals surface area contributed by atoms with E-state index in [9.17, 15) is 0 Å². The zero-order valence-electron chi connectivity index (χ0n) is 9.87. The molecule has 2 rings (SSSR count). The standard InChI is InChI=1S/C11H14N6S/c1-6(12)7-3-2-4-15-10(7)18-11-16-8(13)5-9(14)17-11/h2-6H,12H2,1H3,(H4,13,14,16,17)/t6-/m1/s1. The molecule has 6 N–H and O–H groups in total. The fourth-order valence-electron chi connectivity index (χ4n) is 1.43. The highest BCUT2D eigenvalue weighted by atomic mass is 32.2. The summed E-state index contributed by atoms with van der Waals surface area (Å²) in [5.41, 5.74) is 18.1. The summed E-state index contributed by atoms with van der Waals surface area (Å²) in [6.45, 7) is 1.90. The molecule has 0 bridgehead atoms. The summed E-state index contributed by atoms with van der Waals surface area (Å²) in [7, 11) is 0. The summed E-state index contributed by atoms with van der Waals surface area (Å²) < 4.78 is 0. The molecular formula is C11H14N6S. The maximum Gasteiger partial charge on any atom is 0.197 e. The molecule has 0 radical (unpaired) electrons. The van der Waals surface area contributed by atoms with Crippen LogP contribution in [0.4, 0.5) is 11.6 Å². The summed E-state index contributed by atoms with van der Waals surface area (Å²) in [5.74, 6) is 0.673. The van der Waals surface area contributed by atoms with E-state index in [1.54, 1.807) is 6.20 Å². The predicted octanol–water partition coefficient (Wildman–Crippen LogP) is 1.21. The molecule has 0 saturated heterocycles. The van der Waals surface area contributed by atoms with E-state index in [2.05, 4.69) is 15.0 Å².